The molecule has 41 heavy (non-hydrogen) atoms. The van der Waals surface area contributed by atoms with Crippen molar-refractivity contribution < 1.29 is 19.0 Å². The summed E-state index contributed by atoms with van der Waals surface area (Å²) >= 11 is 13.6. The molecule has 0 fully saturated rings. The number of halogens is 2. The third-order valence-corrected chi connectivity index (χ3v) is 8.05. The van der Waals surface area contributed by atoms with Gasteiger partial charge in [0.1, 0.15) is 6.61 Å². The first-order chi connectivity index (χ1) is 19.8. The summed E-state index contributed by atoms with van der Waals surface area (Å²) in [5.74, 6) is 0.451. The minimum Gasteiger partial charge on any atom is -0.493 e. The van der Waals surface area contributed by atoms with Crippen molar-refractivity contribution in [2.24, 2.45) is 4.99 Å². The first-order valence-corrected chi connectivity index (χ1v) is 14.4. The topological polar surface area (TPSA) is 79.1 Å². The minimum atomic E-state index is -0.801. The van der Waals surface area contributed by atoms with E-state index in [1.165, 1.54) is 15.9 Å². The number of hydrogen-bond donors (Lipinski definition) is 0. The number of aromatic nitrogens is 1. The fraction of sp³-hybridized carbons (Fsp3) is 0.194. The van der Waals surface area contributed by atoms with E-state index in [1.54, 1.807) is 57.4 Å². The smallest absolute Gasteiger partial charge is 0.338 e. The van der Waals surface area contributed by atoms with Crippen LogP contribution in [0.1, 0.15) is 36.6 Å². The van der Waals surface area contributed by atoms with Crippen LogP contribution in [0.3, 0.4) is 0 Å². The van der Waals surface area contributed by atoms with Crippen molar-refractivity contribution in [1.29, 1.82) is 0 Å². The molecule has 0 spiro atoms. The van der Waals surface area contributed by atoms with Gasteiger partial charge in [-0.1, -0.05) is 77.0 Å². The van der Waals surface area contributed by atoms with Gasteiger partial charge in [-0.25, -0.2) is 9.79 Å². The molecule has 10 heteroatoms. The first kappa shape index (κ1) is 28.7. The summed E-state index contributed by atoms with van der Waals surface area (Å²) in [6, 6.07) is 19.4. The monoisotopic (exact) mass is 608 g/mol. The molecule has 0 bridgehead atoms. The van der Waals surface area contributed by atoms with Crippen molar-refractivity contribution in [3.63, 3.8) is 0 Å². The molecule has 1 aliphatic heterocycles. The Kier molecular flexibility index (Phi) is 8.63. The van der Waals surface area contributed by atoms with E-state index < -0.39 is 12.0 Å². The van der Waals surface area contributed by atoms with Crippen LogP contribution < -0.4 is 24.4 Å². The Bertz CT molecular complexity index is 1830. The van der Waals surface area contributed by atoms with Gasteiger partial charge in [-0.3, -0.25) is 9.36 Å². The molecule has 5 rings (SSSR count). The summed E-state index contributed by atoms with van der Waals surface area (Å²) < 4.78 is 19.0. The number of fused-ring (bicyclic) bond motifs is 1. The number of carbonyl (C=O) groups is 1. The number of hydrogen-bond acceptors (Lipinski definition) is 7. The highest BCUT2D eigenvalue weighted by molar-refractivity contribution is 7.07. The Morgan fingerprint density at radius 3 is 2.56 bits per heavy atom. The number of rotatable bonds is 8. The van der Waals surface area contributed by atoms with Gasteiger partial charge in [-0.05, 0) is 60.9 Å². The van der Waals surface area contributed by atoms with Gasteiger partial charge in [0.25, 0.3) is 5.56 Å². The molecular formula is C31H26Cl2N2O5S. The van der Waals surface area contributed by atoms with Gasteiger partial charge >= 0.3 is 5.97 Å². The zero-order valence-corrected chi connectivity index (χ0v) is 24.8. The Hall–Kier alpha value is -3.85. The molecule has 0 N–H and O–H groups in total. The third-order valence-electron chi connectivity index (χ3n) is 6.51. The van der Waals surface area contributed by atoms with E-state index in [-0.39, 0.29) is 17.7 Å². The number of esters is 1. The molecule has 0 amide bonds. The molecule has 1 atom stereocenters. The maximum absolute atomic E-state index is 13.9. The summed E-state index contributed by atoms with van der Waals surface area (Å²) in [5, 5.41) is 0.910. The summed E-state index contributed by atoms with van der Waals surface area (Å²) in [5.41, 5.74) is 2.71. The molecule has 1 aliphatic rings. The van der Waals surface area contributed by atoms with Gasteiger partial charge in [-0.15, -0.1) is 0 Å². The quantitative estimate of drug-likeness (QED) is 0.240. The highest BCUT2D eigenvalue weighted by atomic mass is 35.5. The Morgan fingerprint density at radius 2 is 1.85 bits per heavy atom. The van der Waals surface area contributed by atoms with Gasteiger partial charge in [0.05, 0.1) is 35.6 Å². The molecule has 0 saturated heterocycles. The van der Waals surface area contributed by atoms with Gasteiger partial charge in [0.2, 0.25) is 0 Å². The van der Waals surface area contributed by atoms with E-state index in [0.717, 1.165) is 5.56 Å². The fourth-order valence-electron chi connectivity index (χ4n) is 4.58. The molecule has 0 radical (unpaired) electrons. The van der Waals surface area contributed by atoms with E-state index in [1.807, 2.05) is 36.4 Å². The van der Waals surface area contributed by atoms with Crippen LogP contribution in [0.4, 0.5) is 0 Å². The molecule has 0 saturated carbocycles. The molecule has 0 aliphatic carbocycles. The Labute approximate surface area is 250 Å². The van der Waals surface area contributed by atoms with Crippen LogP contribution in [0.15, 0.2) is 87.8 Å². The number of carbonyl (C=O) groups excluding carboxylic acids is 1. The maximum atomic E-state index is 13.9. The molecule has 4 aromatic rings. The minimum absolute atomic E-state index is 0.178. The average molecular weight is 610 g/mol. The third kappa shape index (κ3) is 5.95. The fourth-order valence-corrected chi connectivity index (χ4v) is 6.08. The predicted molar refractivity (Wildman–Crippen MR) is 161 cm³/mol. The zero-order valence-electron chi connectivity index (χ0n) is 22.5. The number of nitrogens with zero attached hydrogens (tertiary/aromatic N) is 2. The summed E-state index contributed by atoms with van der Waals surface area (Å²) in [7, 11) is 1.54. The SMILES string of the molecule is CCOC(=O)C1=C(C)N=c2sc(=Cc3ccc(Cl)cc3Cl)c(=O)n2C1c1ccc(OCc2ccccc2)c(OC)c1. The van der Waals surface area contributed by atoms with Gasteiger partial charge in [0.15, 0.2) is 16.3 Å². The van der Waals surface area contributed by atoms with Crippen molar-refractivity contribution >= 4 is 46.6 Å². The predicted octanol–water partition coefficient (Wildman–Crippen LogP) is 5.69. The molecule has 3 aromatic carbocycles. The lowest BCUT2D eigenvalue weighted by Gasteiger charge is -2.25. The molecule has 7 nitrogen and oxygen atoms in total. The number of benzene rings is 3. The standard InChI is InChI=1S/C31H26Cl2N2O5S/c1-4-39-30(37)27-18(2)34-31-35(29(36)26(41-31)15-20-10-12-22(32)16-23(20)33)28(27)21-11-13-24(25(14-21)38-3)40-17-19-8-6-5-7-9-19/h5-16,28H,4,17H2,1-3H3. The first-order valence-electron chi connectivity index (χ1n) is 12.8. The van der Waals surface area contributed by atoms with Crippen LogP contribution >= 0.6 is 34.5 Å². The summed E-state index contributed by atoms with van der Waals surface area (Å²) in [4.78, 5) is 32.2. The van der Waals surface area contributed by atoms with Crippen molar-refractivity contribution in [3.05, 3.63) is 124 Å². The van der Waals surface area contributed by atoms with Gasteiger partial charge in [-0.2, -0.15) is 0 Å². The molecule has 1 unspecified atom stereocenters. The van der Waals surface area contributed by atoms with E-state index in [9.17, 15) is 9.59 Å². The highest BCUT2D eigenvalue weighted by Crippen LogP contribution is 2.36. The van der Waals surface area contributed by atoms with Crippen molar-refractivity contribution in [3.8, 4) is 11.5 Å². The number of allylic oxidation sites excluding steroid dienone is 1. The zero-order chi connectivity index (χ0) is 29.1. The number of ether oxygens (including phenoxy) is 3. The van der Waals surface area contributed by atoms with Gasteiger partial charge in [0, 0.05) is 10.0 Å². The molecule has 1 aromatic heterocycles. The van der Waals surface area contributed by atoms with E-state index in [4.69, 9.17) is 37.4 Å². The Balaban J connectivity index is 1.63. The van der Waals surface area contributed by atoms with E-state index in [2.05, 4.69) is 4.99 Å². The van der Waals surface area contributed by atoms with Crippen LogP contribution in [0, 0.1) is 0 Å². The normalized spacial score (nSPS) is 14.9. The van der Waals surface area contributed by atoms with E-state index in [0.29, 0.717) is 54.3 Å². The van der Waals surface area contributed by atoms with Crippen LogP contribution in [0.5, 0.6) is 11.5 Å². The van der Waals surface area contributed by atoms with Crippen molar-refractivity contribution in [1.82, 2.24) is 4.57 Å². The molecular weight excluding hydrogens is 583 g/mol. The second kappa shape index (κ2) is 12.3. The second-order valence-electron chi connectivity index (χ2n) is 9.15. The van der Waals surface area contributed by atoms with Gasteiger partial charge < -0.3 is 14.2 Å². The maximum Gasteiger partial charge on any atom is 0.338 e. The number of methoxy groups -OCH3 is 1. The van der Waals surface area contributed by atoms with Crippen LogP contribution in [-0.2, 0) is 16.1 Å². The molecule has 210 valence electrons. The van der Waals surface area contributed by atoms with Crippen molar-refractivity contribution in [2.45, 2.75) is 26.5 Å². The summed E-state index contributed by atoms with van der Waals surface area (Å²) in [6.07, 6.45) is 1.70. The largest absolute Gasteiger partial charge is 0.493 e. The average Bonchev–Trinajstić information content (AvgIpc) is 3.27. The lowest BCUT2D eigenvalue weighted by Crippen LogP contribution is -2.40. The van der Waals surface area contributed by atoms with Crippen molar-refractivity contribution in [2.75, 3.05) is 13.7 Å². The lowest BCUT2D eigenvalue weighted by atomic mass is 9.95. The summed E-state index contributed by atoms with van der Waals surface area (Å²) in [6.45, 7) is 4.00. The second-order valence-corrected chi connectivity index (χ2v) is 11.0. The van der Waals surface area contributed by atoms with Crippen LogP contribution in [0.25, 0.3) is 6.08 Å². The molecule has 2 heterocycles. The van der Waals surface area contributed by atoms with Crippen LogP contribution in [0.2, 0.25) is 10.0 Å². The Morgan fingerprint density at radius 1 is 1.07 bits per heavy atom. The highest BCUT2D eigenvalue weighted by Gasteiger charge is 2.34. The number of thiazole rings is 1. The van der Waals surface area contributed by atoms with E-state index >= 15 is 0 Å². The lowest BCUT2D eigenvalue weighted by molar-refractivity contribution is -0.139. The van der Waals surface area contributed by atoms with Crippen LogP contribution in [-0.4, -0.2) is 24.3 Å².